The van der Waals surface area contributed by atoms with Crippen LogP contribution in [0, 0.1) is 5.92 Å². The van der Waals surface area contributed by atoms with Gasteiger partial charge in [-0.1, -0.05) is 12.1 Å². The van der Waals surface area contributed by atoms with Gasteiger partial charge in [-0.2, -0.15) is 0 Å². The molecule has 0 spiro atoms. The predicted molar refractivity (Wildman–Crippen MR) is 79.6 cm³/mol. The Bertz CT molecular complexity index is 401. The molecule has 0 bridgehead atoms. The fourth-order valence-electron chi connectivity index (χ4n) is 2.51. The maximum Gasteiger partial charge on any atom is 0.119 e. The third-order valence-corrected chi connectivity index (χ3v) is 4.06. The monoisotopic (exact) mass is 262 g/mol. The zero-order valence-corrected chi connectivity index (χ0v) is 12.5. The Hall–Kier alpha value is -1.06. The molecule has 1 fully saturated rings. The smallest absolute Gasteiger partial charge is 0.119 e. The number of hydrogen-bond acceptors (Lipinski definition) is 3. The molecule has 2 unspecified atom stereocenters. The minimum atomic E-state index is 0.385. The van der Waals surface area contributed by atoms with Gasteiger partial charge in [-0.3, -0.25) is 0 Å². The minimum absolute atomic E-state index is 0.385. The Morgan fingerprint density at radius 3 is 2.68 bits per heavy atom. The Morgan fingerprint density at radius 1 is 1.37 bits per heavy atom. The van der Waals surface area contributed by atoms with Crippen molar-refractivity contribution in [2.45, 2.75) is 31.8 Å². The van der Waals surface area contributed by atoms with Gasteiger partial charge in [0.15, 0.2) is 0 Å². The van der Waals surface area contributed by atoms with Gasteiger partial charge in [0.25, 0.3) is 0 Å². The van der Waals surface area contributed by atoms with Crippen molar-refractivity contribution in [3.8, 4) is 5.75 Å². The van der Waals surface area contributed by atoms with Crippen LogP contribution < -0.4 is 10.1 Å². The summed E-state index contributed by atoms with van der Waals surface area (Å²) in [5.41, 5.74) is 1.31. The minimum Gasteiger partial charge on any atom is -0.497 e. The van der Waals surface area contributed by atoms with Gasteiger partial charge < -0.3 is 15.0 Å². The Morgan fingerprint density at radius 2 is 2.11 bits per heavy atom. The zero-order valence-electron chi connectivity index (χ0n) is 12.5. The molecule has 1 N–H and O–H groups in total. The highest BCUT2D eigenvalue weighted by atomic mass is 16.5. The Kier molecular flexibility index (Phi) is 4.83. The molecule has 106 valence electrons. The topological polar surface area (TPSA) is 24.5 Å². The van der Waals surface area contributed by atoms with Crippen LogP contribution in [0.3, 0.4) is 0 Å². The predicted octanol–water partition coefficient (Wildman–Crippen LogP) is 2.69. The van der Waals surface area contributed by atoms with E-state index < -0.39 is 0 Å². The fraction of sp³-hybridized carbons (Fsp3) is 0.625. The van der Waals surface area contributed by atoms with Gasteiger partial charge in [-0.15, -0.1) is 0 Å². The summed E-state index contributed by atoms with van der Waals surface area (Å²) in [5, 5.41) is 3.68. The molecule has 3 nitrogen and oxygen atoms in total. The zero-order chi connectivity index (χ0) is 13.8. The molecule has 0 saturated heterocycles. The lowest BCUT2D eigenvalue weighted by Gasteiger charge is -2.27. The molecular formula is C16H26N2O. The summed E-state index contributed by atoms with van der Waals surface area (Å²) in [4.78, 5) is 2.27. The van der Waals surface area contributed by atoms with Crippen LogP contribution in [-0.4, -0.2) is 38.7 Å². The quantitative estimate of drug-likeness (QED) is 0.817. The molecule has 0 aliphatic heterocycles. The third kappa shape index (κ3) is 3.95. The van der Waals surface area contributed by atoms with Crippen LogP contribution in [0.1, 0.15) is 31.4 Å². The van der Waals surface area contributed by atoms with Crippen LogP contribution in [0.5, 0.6) is 5.75 Å². The van der Waals surface area contributed by atoms with E-state index in [9.17, 15) is 0 Å². The van der Waals surface area contributed by atoms with Gasteiger partial charge in [-0.25, -0.2) is 0 Å². The van der Waals surface area contributed by atoms with Crippen LogP contribution in [0.15, 0.2) is 24.3 Å². The average molecular weight is 262 g/mol. The maximum atomic E-state index is 5.32. The summed E-state index contributed by atoms with van der Waals surface area (Å²) in [7, 11) is 5.98. The van der Waals surface area contributed by atoms with Crippen molar-refractivity contribution in [1.82, 2.24) is 10.2 Å². The van der Waals surface area contributed by atoms with E-state index in [0.29, 0.717) is 12.1 Å². The summed E-state index contributed by atoms with van der Waals surface area (Å²) in [6.07, 6.45) is 2.78. The third-order valence-electron chi connectivity index (χ3n) is 4.06. The van der Waals surface area contributed by atoms with Crippen LogP contribution in [0.4, 0.5) is 0 Å². The molecule has 1 aromatic carbocycles. The number of ether oxygens (including phenoxy) is 1. The Labute approximate surface area is 116 Å². The second kappa shape index (κ2) is 6.40. The van der Waals surface area contributed by atoms with Gasteiger partial charge >= 0.3 is 0 Å². The van der Waals surface area contributed by atoms with E-state index in [1.807, 2.05) is 6.07 Å². The molecule has 2 atom stereocenters. The number of benzene rings is 1. The molecule has 19 heavy (non-hydrogen) atoms. The first-order valence-corrected chi connectivity index (χ1v) is 7.15. The maximum absolute atomic E-state index is 5.32. The van der Waals surface area contributed by atoms with Crippen LogP contribution in [0.2, 0.25) is 0 Å². The molecule has 1 aliphatic carbocycles. The van der Waals surface area contributed by atoms with Crippen molar-refractivity contribution >= 4 is 0 Å². The normalized spacial score (nSPS) is 18.4. The first-order valence-electron chi connectivity index (χ1n) is 7.15. The molecule has 0 radical (unpaired) electrons. The van der Waals surface area contributed by atoms with E-state index in [0.717, 1.165) is 18.2 Å². The molecule has 1 aromatic rings. The highest BCUT2D eigenvalue weighted by molar-refractivity contribution is 5.30. The molecular weight excluding hydrogens is 236 g/mol. The molecule has 2 rings (SSSR count). The van der Waals surface area contributed by atoms with Crippen molar-refractivity contribution in [2.24, 2.45) is 5.92 Å². The van der Waals surface area contributed by atoms with Gasteiger partial charge in [-0.05, 0) is 57.5 Å². The number of rotatable bonds is 7. The largest absolute Gasteiger partial charge is 0.497 e. The van der Waals surface area contributed by atoms with Crippen molar-refractivity contribution in [1.29, 1.82) is 0 Å². The molecule has 3 heteroatoms. The summed E-state index contributed by atoms with van der Waals surface area (Å²) < 4.78 is 5.32. The first-order chi connectivity index (χ1) is 9.11. The van der Waals surface area contributed by atoms with Gasteiger partial charge in [0.2, 0.25) is 0 Å². The van der Waals surface area contributed by atoms with Crippen molar-refractivity contribution < 1.29 is 4.74 Å². The highest BCUT2D eigenvalue weighted by Gasteiger charge is 2.28. The van der Waals surface area contributed by atoms with Crippen LogP contribution in [-0.2, 0) is 0 Å². The molecule has 0 aromatic heterocycles. The standard InChI is InChI=1S/C16H26N2O/c1-12(13-8-9-13)17-11-16(18(2)3)14-6-5-7-15(10-14)19-4/h5-7,10,12-13,16-17H,8-9,11H2,1-4H3. The molecule has 1 aliphatic rings. The molecule has 1 saturated carbocycles. The van der Waals surface area contributed by atoms with Gasteiger partial charge in [0, 0.05) is 18.6 Å². The number of methoxy groups -OCH3 is 1. The summed E-state index contributed by atoms with van der Waals surface area (Å²) >= 11 is 0. The Balaban J connectivity index is 2.01. The fourth-order valence-corrected chi connectivity index (χ4v) is 2.51. The summed E-state index contributed by atoms with van der Waals surface area (Å²) in [5.74, 6) is 1.83. The van der Waals surface area contributed by atoms with Gasteiger partial charge in [0.05, 0.1) is 7.11 Å². The van der Waals surface area contributed by atoms with Crippen molar-refractivity contribution in [3.05, 3.63) is 29.8 Å². The lowest BCUT2D eigenvalue weighted by molar-refractivity contribution is 0.276. The SMILES string of the molecule is COc1cccc(C(CNC(C)C2CC2)N(C)C)c1. The van der Waals surface area contributed by atoms with E-state index in [1.54, 1.807) is 7.11 Å². The second-order valence-electron chi connectivity index (χ2n) is 5.79. The van der Waals surface area contributed by atoms with E-state index in [4.69, 9.17) is 4.74 Å². The van der Waals surface area contributed by atoms with Crippen LogP contribution in [0.25, 0.3) is 0 Å². The van der Waals surface area contributed by atoms with Gasteiger partial charge in [0.1, 0.15) is 5.75 Å². The van der Waals surface area contributed by atoms with E-state index in [1.165, 1.54) is 18.4 Å². The lowest BCUT2D eigenvalue weighted by Crippen LogP contribution is -2.36. The molecule has 0 heterocycles. The van der Waals surface area contributed by atoms with E-state index in [2.05, 4.69) is 49.4 Å². The van der Waals surface area contributed by atoms with E-state index in [-0.39, 0.29) is 0 Å². The van der Waals surface area contributed by atoms with Crippen molar-refractivity contribution in [3.63, 3.8) is 0 Å². The van der Waals surface area contributed by atoms with Crippen molar-refractivity contribution in [2.75, 3.05) is 27.7 Å². The number of hydrogen-bond donors (Lipinski definition) is 1. The second-order valence-corrected chi connectivity index (χ2v) is 5.79. The number of likely N-dealkylation sites (N-methyl/N-ethyl adjacent to an activating group) is 1. The summed E-state index contributed by atoms with van der Waals surface area (Å²) in [6.45, 7) is 3.29. The lowest BCUT2D eigenvalue weighted by atomic mass is 10.0. The number of nitrogens with one attached hydrogen (secondary N) is 1. The average Bonchev–Trinajstić information content (AvgIpc) is 3.23. The van der Waals surface area contributed by atoms with E-state index >= 15 is 0 Å². The first kappa shape index (κ1) is 14.4. The highest BCUT2D eigenvalue weighted by Crippen LogP contribution is 2.32. The molecule has 0 amide bonds. The summed E-state index contributed by atoms with van der Waals surface area (Å²) in [6, 6.07) is 9.39. The van der Waals surface area contributed by atoms with Crippen LogP contribution >= 0.6 is 0 Å². The number of nitrogens with zero attached hydrogens (tertiary/aromatic N) is 1.